The second-order valence-electron chi connectivity index (χ2n) is 2.87. The molecule has 0 saturated heterocycles. The molecule has 4 aliphatic rings. The minimum atomic E-state index is 1.48. The topological polar surface area (TPSA) is 0 Å². The fourth-order valence-electron chi connectivity index (χ4n) is 1.12. The minimum absolute atomic E-state index is 1.48. The standard InChI is InChI=1S/C6S14/c7-1(8-4-3(7)11-15-19-16-12-4)2-9-5-6(10-2)14-18-20-17-13-5. The largest absolute Gasteiger partial charge is 0.0786 e. The minimum Gasteiger partial charge on any atom is -0.0712 e. The van der Waals surface area contributed by atoms with Crippen LogP contribution in [0.2, 0.25) is 0 Å². The van der Waals surface area contributed by atoms with Gasteiger partial charge in [-0.05, 0) is 102 Å². The van der Waals surface area contributed by atoms with Gasteiger partial charge in [0.05, 0.1) is 25.4 Å². The summed E-state index contributed by atoms with van der Waals surface area (Å²) in [6.07, 6.45) is 0. The molecule has 0 atom stereocenters. The Kier molecular flexibility index (Phi) is 7.60. The molecule has 0 amide bonds. The van der Waals surface area contributed by atoms with Gasteiger partial charge in [0.25, 0.3) is 0 Å². The van der Waals surface area contributed by atoms with Crippen molar-refractivity contribution in [1.29, 1.82) is 0 Å². The molecule has 0 N–H and O–H groups in total. The molecule has 4 rings (SSSR count). The van der Waals surface area contributed by atoms with E-state index in [2.05, 4.69) is 0 Å². The van der Waals surface area contributed by atoms with Crippen molar-refractivity contribution in [2.24, 2.45) is 0 Å². The Morgan fingerprint density at radius 2 is 0.600 bits per heavy atom. The van der Waals surface area contributed by atoms with Crippen LogP contribution in [0.1, 0.15) is 0 Å². The van der Waals surface area contributed by atoms with Gasteiger partial charge in [-0.3, -0.25) is 0 Å². The van der Waals surface area contributed by atoms with Gasteiger partial charge in [0, 0.05) is 0 Å². The molecule has 4 aliphatic heterocycles. The zero-order valence-corrected chi connectivity index (χ0v) is 20.1. The van der Waals surface area contributed by atoms with Crippen molar-refractivity contribution in [1.82, 2.24) is 0 Å². The highest BCUT2D eigenvalue weighted by Gasteiger charge is 2.33. The van der Waals surface area contributed by atoms with Crippen molar-refractivity contribution >= 4 is 149 Å². The van der Waals surface area contributed by atoms with Crippen LogP contribution in [0.15, 0.2) is 25.4 Å². The third-order valence-corrected chi connectivity index (χ3v) is 26.6. The maximum Gasteiger partial charge on any atom is 0.0786 e. The normalized spacial score (nSPS) is 27.6. The summed E-state index contributed by atoms with van der Waals surface area (Å²) in [7, 11) is 18.9. The van der Waals surface area contributed by atoms with Gasteiger partial charge >= 0.3 is 0 Å². The predicted octanol–water partition coefficient (Wildman–Crippen LogP) is 10.0. The lowest BCUT2D eigenvalue weighted by molar-refractivity contribution is 2.37. The van der Waals surface area contributed by atoms with Gasteiger partial charge in [0.1, 0.15) is 0 Å². The molecule has 0 spiro atoms. The molecular formula is C6S14. The van der Waals surface area contributed by atoms with E-state index in [9.17, 15) is 0 Å². The van der Waals surface area contributed by atoms with Gasteiger partial charge in [-0.1, -0.05) is 47.0 Å². The summed E-state index contributed by atoms with van der Waals surface area (Å²) in [5.74, 6) is 0. The second kappa shape index (κ2) is 8.67. The van der Waals surface area contributed by atoms with Gasteiger partial charge in [0.15, 0.2) is 0 Å². The Labute approximate surface area is 171 Å². The van der Waals surface area contributed by atoms with E-state index in [1.165, 1.54) is 25.4 Å². The van der Waals surface area contributed by atoms with Crippen LogP contribution in [0, 0.1) is 0 Å². The summed E-state index contributed by atoms with van der Waals surface area (Å²) in [5.41, 5.74) is 0. The Balaban J connectivity index is 1.50. The molecule has 0 saturated carbocycles. The van der Waals surface area contributed by atoms with E-state index in [4.69, 9.17) is 0 Å². The molecule has 14 heteroatoms. The molecule has 4 heterocycles. The molecular weight excluding hydrogens is 521 g/mol. The van der Waals surface area contributed by atoms with E-state index in [1.807, 2.05) is 149 Å². The molecule has 0 aromatic carbocycles. The number of rotatable bonds is 0. The van der Waals surface area contributed by atoms with Crippen molar-refractivity contribution in [2.75, 3.05) is 0 Å². The zero-order chi connectivity index (χ0) is 13.4. The van der Waals surface area contributed by atoms with Gasteiger partial charge in [-0.2, -0.15) is 0 Å². The van der Waals surface area contributed by atoms with Crippen molar-refractivity contribution in [3.05, 3.63) is 25.4 Å². The van der Waals surface area contributed by atoms with Crippen LogP contribution in [0.4, 0.5) is 0 Å². The Morgan fingerprint density at radius 3 is 0.900 bits per heavy atom. The van der Waals surface area contributed by atoms with E-state index >= 15 is 0 Å². The van der Waals surface area contributed by atoms with Crippen LogP contribution in [-0.4, -0.2) is 0 Å². The predicted molar refractivity (Wildman–Crippen MR) is 127 cm³/mol. The molecule has 0 nitrogen and oxygen atoms in total. The van der Waals surface area contributed by atoms with E-state index in [0.717, 1.165) is 0 Å². The van der Waals surface area contributed by atoms with Crippen molar-refractivity contribution < 1.29 is 0 Å². The van der Waals surface area contributed by atoms with Crippen LogP contribution in [0.25, 0.3) is 0 Å². The van der Waals surface area contributed by atoms with E-state index in [1.54, 1.807) is 0 Å². The molecule has 108 valence electrons. The second-order valence-corrected chi connectivity index (χ2v) is 23.4. The van der Waals surface area contributed by atoms with Gasteiger partial charge in [0.2, 0.25) is 0 Å². The highest BCUT2D eigenvalue weighted by molar-refractivity contribution is 9.37. The van der Waals surface area contributed by atoms with Gasteiger partial charge in [-0.25, -0.2) is 0 Å². The first-order valence-corrected chi connectivity index (χ1v) is 20.1. The maximum absolute atomic E-state index is 1.97. The summed E-state index contributed by atoms with van der Waals surface area (Å²) >= 11 is 7.87. The fraction of sp³-hybridized carbons (Fsp3) is 0. The monoisotopic (exact) mass is 520 g/mol. The van der Waals surface area contributed by atoms with E-state index in [-0.39, 0.29) is 0 Å². The molecule has 20 heavy (non-hydrogen) atoms. The van der Waals surface area contributed by atoms with Crippen molar-refractivity contribution in [3.63, 3.8) is 0 Å². The quantitative estimate of drug-likeness (QED) is 0.278. The fourth-order valence-corrected chi connectivity index (χ4v) is 28.9. The molecule has 0 bridgehead atoms. The SMILES string of the molecule is S1SSC2=C(SS1)SC(=C1SC3=C(SSSSS3)S1)S2. The Hall–Kier alpha value is 4.12. The zero-order valence-electron chi connectivity index (χ0n) is 8.72. The lowest BCUT2D eigenvalue weighted by Gasteiger charge is -2.03. The first-order chi connectivity index (χ1) is 9.90. The first-order valence-electron chi connectivity index (χ1n) is 4.53. The summed E-state index contributed by atoms with van der Waals surface area (Å²) in [5, 5.41) is 0. The van der Waals surface area contributed by atoms with Crippen molar-refractivity contribution in [3.8, 4) is 0 Å². The third-order valence-electron chi connectivity index (χ3n) is 1.79. The summed E-state index contributed by atoms with van der Waals surface area (Å²) in [6, 6.07) is 0. The summed E-state index contributed by atoms with van der Waals surface area (Å²) in [4.78, 5) is 0. The molecule has 0 fully saturated rings. The summed E-state index contributed by atoms with van der Waals surface area (Å²) in [6.45, 7) is 0. The van der Waals surface area contributed by atoms with Crippen LogP contribution < -0.4 is 0 Å². The number of hydrogen-bond donors (Lipinski definition) is 0. The van der Waals surface area contributed by atoms with Crippen LogP contribution >= 0.6 is 149 Å². The average Bonchev–Trinajstić information content (AvgIpc) is 2.89. The highest BCUT2D eigenvalue weighted by atomic mass is 33.8. The van der Waals surface area contributed by atoms with E-state index in [0.29, 0.717) is 0 Å². The molecule has 0 unspecified atom stereocenters. The number of thioether (sulfide) groups is 4. The lowest BCUT2D eigenvalue weighted by atomic mass is 11.2. The van der Waals surface area contributed by atoms with Crippen LogP contribution in [0.3, 0.4) is 0 Å². The highest BCUT2D eigenvalue weighted by Crippen LogP contribution is 2.74. The van der Waals surface area contributed by atoms with Crippen LogP contribution in [-0.2, 0) is 0 Å². The number of hydrogen-bond acceptors (Lipinski definition) is 14. The maximum atomic E-state index is 1.97. The van der Waals surface area contributed by atoms with Crippen molar-refractivity contribution in [2.45, 2.75) is 0 Å². The summed E-state index contributed by atoms with van der Waals surface area (Å²) < 4.78 is 8.88. The molecule has 0 aliphatic carbocycles. The van der Waals surface area contributed by atoms with Gasteiger partial charge in [-0.15, -0.1) is 0 Å². The molecule has 0 aromatic heterocycles. The molecule has 0 radical (unpaired) electrons. The third kappa shape index (κ3) is 4.26. The lowest BCUT2D eigenvalue weighted by Crippen LogP contribution is -1.67. The average molecular weight is 521 g/mol. The Bertz CT molecular complexity index is 430. The van der Waals surface area contributed by atoms with Gasteiger partial charge < -0.3 is 0 Å². The molecule has 0 aromatic rings. The van der Waals surface area contributed by atoms with Crippen LogP contribution in [0.5, 0.6) is 0 Å². The smallest absolute Gasteiger partial charge is 0.0712 e. The Morgan fingerprint density at radius 1 is 0.300 bits per heavy atom. The van der Waals surface area contributed by atoms with E-state index < -0.39 is 0 Å². The first kappa shape index (κ1) is 17.5.